The van der Waals surface area contributed by atoms with Crippen LogP contribution in [0.3, 0.4) is 0 Å². The normalized spacial score (nSPS) is 11.1. The lowest BCUT2D eigenvalue weighted by Gasteiger charge is -2.14. The third-order valence-electron chi connectivity index (χ3n) is 2.82. The molecule has 2 aromatic rings. The summed E-state index contributed by atoms with van der Waals surface area (Å²) >= 11 is 0. The van der Waals surface area contributed by atoms with Crippen LogP contribution in [-0.4, -0.2) is 5.91 Å². The number of nitrogens with one attached hydrogen (secondary N) is 2. The van der Waals surface area contributed by atoms with E-state index in [-0.39, 0.29) is 12.1 Å². The molecule has 7 heteroatoms. The van der Waals surface area contributed by atoms with Gasteiger partial charge in [0.05, 0.1) is 17.7 Å². The van der Waals surface area contributed by atoms with Crippen LogP contribution in [0.1, 0.15) is 11.1 Å². The Bertz CT molecular complexity index is 671. The maximum absolute atomic E-state index is 13.0. The molecule has 0 spiro atoms. The van der Waals surface area contributed by atoms with Crippen molar-refractivity contribution in [2.45, 2.75) is 12.6 Å². The summed E-state index contributed by atoms with van der Waals surface area (Å²) in [5.74, 6) is -1.07. The van der Waals surface area contributed by atoms with Crippen molar-refractivity contribution in [1.29, 1.82) is 0 Å². The summed E-state index contributed by atoms with van der Waals surface area (Å²) in [4.78, 5) is 11.7. The Morgan fingerprint density at radius 3 is 2.45 bits per heavy atom. The molecule has 0 aromatic heterocycles. The van der Waals surface area contributed by atoms with Crippen LogP contribution >= 0.6 is 0 Å². The number of amides is 1. The Balaban J connectivity index is 2.00. The summed E-state index contributed by atoms with van der Waals surface area (Å²) in [6.45, 7) is 0. The molecule has 0 aliphatic heterocycles. The third kappa shape index (κ3) is 4.21. The van der Waals surface area contributed by atoms with Crippen LogP contribution in [0.25, 0.3) is 0 Å². The van der Waals surface area contributed by atoms with Gasteiger partial charge in [-0.1, -0.05) is 24.3 Å². The van der Waals surface area contributed by atoms with Crippen molar-refractivity contribution in [1.82, 2.24) is 5.43 Å². The highest BCUT2D eigenvalue weighted by Crippen LogP contribution is 2.34. The molecule has 0 unspecified atom stereocenters. The van der Waals surface area contributed by atoms with E-state index in [9.17, 15) is 22.4 Å². The average Bonchev–Trinajstić information content (AvgIpc) is 2.44. The minimum Gasteiger partial charge on any atom is -0.298 e. The third-order valence-corrected chi connectivity index (χ3v) is 2.82. The second kappa shape index (κ2) is 6.46. The van der Waals surface area contributed by atoms with Gasteiger partial charge in [-0.2, -0.15) is 13.2 Å². The molecular weight excluding hydrogens is 300 g/mol. The molecule has 2 rings (SSSR count). The molecule has 0 fully saturated rings. The number of hydrogen-bond donors (Lipinski definition) is 2. The van der Waals surface area contributed by atoms with Crippen molar-refractivity contribution in [2.75, 3.05) is 5.43 Å². The Morgan fingerprint density at radius 1 is 1.05 bits per heavy atom. The molecule has 0 atom stereocenters. The molecule has 22 heavy (non-hydrogen) atoms. The van der Waals surface area contributed by atoms with Gasteiger partial charge in [0.1, 0.15) is 5.82 Å². The SMILES string of the molecule is O=C(Cc1cccc(F)c1)NNc1ccccc1C(F)(F)F. The Morgan fingerprint density at radius 2 is 1.77 bits per heavy atom. The minimum absolute atomic E-state index is 0.154. The summed E-state index contributed by atoms with van der Waals surface area (Å²) in [5.41, 5.74) is 3.68. The fourth-order valence-corrected chi connectivity index (χ4v) is 1.85. The summed E-state index contributed by atoms with van der Waals surface area (Å²) in [6, 6.07) is 10.2. The van der Waals surface area contributed by atoms with Crippen LogP contribution in [0, 0.1) is 5.82 Å². The number of anilines is 1. The van der Waals surface area contributed by atoms with Gasteiger partial charge in [0.25, 0.3) is 0 Å². The van der Waals surface area contributed by atoms with Gasteiger partial charge >= 0.3 is 6.18 Å². The topological polar surface area (TPSA) is 41.1 Å². The summed E-state index contributed by atoms with van der Waals surface area (Å²) in [7, 11) is 0. The molecule has 0 saturated carbocycles. The van der Waals surface area contributed by atoms with Crippen molar-refractivity contribution in [3.8, 4) is 0 Å². The van der Waals surface area contributed by atoms with Crippen molar-refractivity contribution in [3.63, 3.8) is 0 Å². The van der Waals surface area contributed by atoms with Crippen LogP contribution in [0.5, 0.6) is 0 Å². The summed E-state index contributed by atoms with van der Waals surface area (Å²) < 4.78 is 51.3. The van der Waals surface area contributed by atoms with Crippen LogP contribution in [0.2, 0.25) is 0 Å². The first-order chi connectivity index (χ1) is 10.4. The molecule has 0 heterocycles. The smallest absolute Gasteiger partial charge is 0.298 e. The highest BCUT2D eigenvalue weighted by molar-refractivity contribution is 5.80. The molecule has 3 nitrogen and oxygen atoms in total. The number of rotatable bonds is 4. The van der Waals surface area contributed by atoms with E-state index >= 15 is 0 Å². The monoisotopic (exact) mass is 312 g/mol. The predicted octanol–water partition coefficient (Wildman–Crippen LogP) is 3.53. The molecule has 0 aliphatic carbocycles. The Kier molecular flexibility index (Phi) is 4.65. The molecule has 0 saturated heterocycles. The maximum atomic E-state index is 13.0. The zero-order valence-electron chi connectivity index (χ0n) is 11.2. The van der Waals surface area contributed by atoms with E-state index in [1.807, 2.05) is 0 Å². The number of alkyl halides is 3. The standard InChI is InChI=1S/C15H12F4N2O/c16-11-5-3-4-10(8-11)9-14(22)21-20-13-7-2-1-6-12(13)15(17,18)19/h1-8,20H,9H2,(H,21,22). The average molecular weight is 312 g/mol. The number of hydrazine groups is 1. The summed E-state index contributed by atoms with van der Waals surface area (Å²) in [5, 5.41) is 0. The Hall–Kier alpha value is -2.57. The van der Waals surface area contributed by atoms with Gasteiger partial charge in [-0.3, -0.25) is 15.6 Å². The minimum atomic E-state index is -4.53. The largest absolute Gasteiger partial charge is 0.418 e. The first kappa shape index (κ1) is 15.8. The predicted molar refractivity (Wildman–Crippen MR) is 73.3 cm³/mol. The molecule has 0 bridgehead atoms. The zero-order valence-corrected chi connectivity index (χ0v) is 11.2. The van der Waals surface area contributed by atoms with E-state index in [2.05, 4.69) is 10.9 Å². The van der Waals surface area contributed by atoms with Crippen LogP contribution in [-0.2, 0) is 17.4 Å². The van der Waals surface area contributed by atoms with Gasteiger partial charge in [0.2, 0.25) is 5.91 Å². The lowest BCUT2D eigenvalue weighted by molar-refractivity contribution is -0.137. The van der Waals surface area contributed by atoms with E-state index < -0.39 is 23.5 Å². The van der Waals surface area contributed by atoms with E-state index in [0.717, 1.165) is 6.07 Å². The van der Waals surface area contributed by atoms with Gasteiger partial charge in [0, 0.05) is 0 Å². The van der Waals surface area contributed by atoms with Gasteiger partial charge in [-0.25, -0.2) is 4.39 Å². The molecular formula is C15H12F4N2O. The number of hydrogen-bond acceptors (Lipinski definition) is 2. The molecule has 116 valence electrons. The number of carbonyl (C=O) groups is 1. The highest BCUT2D eigenvalue weighted by Gasteiger charge is 2.33. The fraction of sp³-hybridized carbons (Fsp3) is 0.133. The first-order valence-electron chi connectivity index (χ1n) is 6.32. The van der Waals surface area contributed by atoms with Crippen molar-refractivity contribution < 1.29 is 22.4 Å². The quantitative estimate of drug-likeness (QED) is 0.670. The molecule has 0 aliphatic rings. The fourth-order valence-electron chi connectivity index (χ4n) is 1.85. The van der Waals surface area contributed by atoms with Gasteiger partial charge in [-0.15, -0.1) is 0 Å². The van der Waals surface area contributed by atoms with Crippen molar-refractivity contribution in [3.05, 3.63) is 65.5 Å². The second-order valence-corrected chi connectivity index (χ2v) is 4.52. The second-order valence-electron chi connectivity index (χ2n) is 4.52. The summed E-state index contributed by atoms with van der Waals surface area (Å²) in [6.07, 6.45) is -4.68. The zero-order chi connectivity index (χ0) is 16.2. The van der Waals surface area contributed by atoms with Crippen LogP contribution in [0.15, 0.2) is 48.5 Å². The van der Waals surface area contributed by atoms with Gasteiger partial charge in [-0.05, 0) is 29.8 Å². The number of para-hydroxylation sites is 1. The lowest BCUT2D eigenvalue weighted by atomic mass is 10.1. The number of halogens is 4. The Labute approximate surface area is 123 Å². The maximum Gasteiger partial charge on any atom is 0.418 e. The van der Waals surface area contributed by atoms with E-state index in [4.69, 9.17) is 0 Å². The molecule has 0 radical (unpaired) electrons. The van der Waals surface area contributed by atoms with Crippen molar-refractivity contribution in [2.24, 2.45) is 0 Å². The molecule has 2 aromatic carbocycles. The van der Waals surface area contributed by atoms with Gasteiger partial charge in [0.15, 0.2) is 0 Å². The first-order valence-corrected chi connectivity index (χ1v) is 6.32. The number of carbonyl (C=O) groups excluding carboxylic acids is 1. The number of benzene rings is 2. The molecule has 1 amide bonds. The molecule has 2 N–H and O–H groups in total. The van der Waals surface area contributed by atoms with Crippen LogP contribution in [0.4, 0.5) is 23.2 Å². The van der Waals surface area contributed by atoms with Crippen LogP contribution < -0.4 is 10.9 Å². The van der Waals surface area contributed by atoms with E-state index in [1.54, 1.807) is 6.07 Å². The van der Waals surface area contributed by atoms with Gasteiger partial charge < -0.3 is 0 Å². The highest BCUT2D eigenvalue weighted by atomic mass is 19.4. The van der Waals surface area contributed by atoms with E-state index in [0.29, 0.717) is 5.56 Å². The lowest BCUT2D eigenvalue weighted by Crippen LogP contribution is -2.31. The van der Waals surface area contributed by atoms with E-state index in [1.165, 1.54) is 36.4 Å². The van der Waals surface area contributed by atoms with Crippen molar-refractivity contribution >= 4 is 11.6 Å².